The van der Waals surface area contributed by atoms with Crippen LogP contribution < -0.4 is 10.6 Å². The Hall–Kier alpha value is -2.27. The fourth-order valence-corrected chi connectivity index (χ4v) is 3.63. The first-order chi connectivity index (χ1) is 10.7. The van der Waals surface area contributed by atoms with E-state index in [1.54, 1.807) is 43.1 Å². The van der Waals surface area contributed by atoms with E-state index >= 15 is 0 Å². The lowest BCUT2D eigenvalue weighted by Crippen LogP contribution is -2.25. The molecule has 3 rings (SSSR count). The molecule has 1 atom stereocenters. The normalized spacial score (nSPS) is 16.0. The average Bonchev–Trinajstić information content (AvgIpc) is 2.98. The number of hydrogen-bond donors (Lipinski definition) is 2. The largest absolute Gasteiger partial charge is 0.355 e. The Morgan fingerprint density at radius 2 is 1.95 bits per heavy atom. The highest BCUT2D eigenvalue weighted by Crippen LogP contribution is 2.37. The van der Waals surface area contributed by atoms with Crippen molar-refractivity contribution in [2.45, 2.75) is 16.6 Å². The number of carbonyl (C=O) groups excluding carboxylic acids is 2. The Labute approximate surface area is 133 Å². The Morgan fingerprint density at radius 3 is 2.73 bits per heavy atom. The van der Waals surface area contributed by atoms with Crippen LogP contribution in [0.25, 0.3) is 0 Å². The van der Waals surface area contributed by atoms with Gasteiger partial charge in [0.15, 0.2) is 0 Å². The third-order valence-electron chi connectivity index (χ3n) is 3.56. The second-order valence-electron chi connectivity index (χ2n) is 5.07. The lowest BCUT2D eigenvalue weighted by Gasteiger charge is -2.11. The molecule has 2 aromatic rings. The van der Waals surface area contributed by atoms with E-state index in [4.69, 9.17) is 0 Å². The van der Waals surface area contributed by atoms with Crippen LogP contribution in [0.1, 0.15) is 15.9 Å². The van der Waals surface area contributed by atoms with Gasteiger partial charge in [0.2, 0.25) is 5.91 Å². The third kappa shape index (κ3) is 2.99. The molecular weight excluding hydrogens is 296 g/mol. The van der Waals surface area contributed by atoms with E-state index in [2.05, 4.69) is 16.7 Å². The number of benzene rings is 2. The molecule has 0 saturated heterocycles. The average molecular weight is 312 g/mol. The molecule has 0 aliphatic carbocycles. The van der Waals surface area contributed by atoms with E-state index in [1.165, 1.54) is 10.5 Å². The van der Waals surface area contributed by atoms with Crippen LogP contribution in [0.2, 0.25) is 0 Å². The number of hydrogen-bond acceptors (Lipinski definition) is 3. The number of nitrogens with one attached hydrogen (secondary N) is 2. The topological polar surface area (TPSA) is 58.2 Å². The summed E-state index contributed by atoms with van der Waals surface area (Å²) < 4.78 is 0. The smallest absolute Gasteiger partial charge is 0.251 e. The summed E-state index contributed by atoms with van der Waals surface area (Å²) in [5.41, 5.74) is 2.39. The van der Waals surface area contributed by atoms with Gasteiger partial charge < -0.3 is 10.6 Å². The van der Waals surface area contributed by atoms with Crippen molar-refractivity contribution in [3.05, 3.63) is 59.7 Å². The van der Waals surface area contributed by atoms with E-state index in [0.29, 0.717) is 11.3 Å². The summed E-state index contributed by atoms with van der Waals surface area (Å²) >= 11 is 1.59. The quantitative estimate of drug-likeness (QED) is 0.916. The van der Waals surface area contributed by atoms with Crippen molar-refractivity contribution in [3.63, 3.8) is 0 Å². The molecule has 2 amide bonds. The molecule has 1 heterocycles. The van der Waals surface area contributed by atoms with Crippen molar-refractivity contribution in [2.24, 2.45) is 0 Å². The maximum absolute atomic E-state index is 12.4. The summed E-state index contributed by atoms with van der Waals surface area (Å²) in [6.45, 7) is 0. The van der Waals surface area contributed by atoms with Crippen molar-refractivity contribution in [1.29, 1.82) is 0 Å². The first-order valence-electron chi connectivity index (χ1n) is 7.05. The van der Waals surface area contributed by atoms with Crippen LogP contribution in [0.3, 0.4) is 0 Å². The summed E-state index contributed by atoms with van der Waals surface area (Å²) in [5, 5.41) is 5.35. The first kappa shape index (κ1) is 14.7. The van der Waals surface area contributed by atoms with Crippen molar-refractivity contribution in [3.8, 4) is 0 Å². The van der Waals surface area contributed by atoms with Crippen LogP contribution in [0.15, 0.2) is 53.4 Å². The molecule has 0 radical (unpaired) electrons. The standard InChI is InChI=1S/C17H16N2O2S/c1-18-16(20)12-6-4-7-13(9-12)19-17(21)15-10-11-5-2-3-8-14(11)22-15/h2-9,15H,10H2,1H3,(H,18,20)(H,19,21)/t15-/m0/s1. The lowest BCUT2D eigenvalue weighted by molar-refractivity contribution is -0.115. The van der Waals surface area contributed by atoms with Crippen molar-refractivity contribution in [2.75, 3.05) is 12.4 Å². The van der Waals surface area contributed by atoms with E-state index in [1.807, 2.05) is 18.2 Å². The van der Waals surface area contributed by atoms with Gasteiger partial charge >= 0.3 is 0 Å². The molecular formula is C17H16N2O2S. The van der Waals surface area contributed by atoms with Gasteiger partial charge in [-0.3, -0.25) is 9.59 Å². The van der Waals surface area contributed by atoms with Gasteiger partial charge in [-0.15, -0.1) is 11.8 Å². The highest BCUT2D eigenvalue weighted by Gasteiger charge is 2.28. The van der Waals surface area contributed by atoms with Crippen molar-refractivity contribution >= 4 is 29.3 Å². The predicted molar refractivity (Wildman–Crippen MR) is 88.3 cm³/mol. The highest BCUT2D eigenvalue weighted by molar-refractivity contribution is 8.01. The van der Waals surface area contributed by atoms with Gasteiger partial charge in [0, 0.05) is 23.2 Å². The summed E-state index contributed by atoms with van der Waals surface area (Å²) in [4.78, 5) is 25.2. The summed E-state index contributed by atoms with van der Waals surface area (Å²) in [7, 11) is 1.58. The van der Waals surface area contributed by atoms with Crippen molar-refractivity contribution in [1.82, 2.24) is 5.32 Å². The number of anilines is 1. The molecule has 0 unspecified atom stereocenters. The van der Waals surface area contributed by atoms with Gasteiger partial charge in [-0.2, -0.15) is 0 Å². The monoisotopic (exact) mass is 312 g/mol. The van der Waals surface area contributed by atoms with Gasteiger partial charge in [0.1, 0.15) is 0 Å². The van der Waals surface area contributed by atoms with Gasteiger partial charge in [0.25, 0.3) is 5.91 Å². The zero-order chi connectivity index (χ0) is 15.5. The predicted octanol–water partition coefficient (Wildman–Crippen LogP) is 2.70. The number of fused-ring (bicyclic) bond motifs is 1. The Kier molecular flexibility index (Phi) is 4.15. The second-order valence-corrected chi connectivity index (χ2v) is 6.31. The summed E-state index contributed by atoms with van der Waals surface area (Å²) in [6, 6.07) is 15.0. The molecule has 4 nitrogen and oxygen atoms in total. The Balaban J connectivity index is 1.69. The van der Waals surface area contributed by atoms with Gasteiger partial charge in [-0.1, -0.05) is 24.3 Å². The minimum absolute atomic E-state index is 0.0322. The molecule has 0 saturated carbocycles. The fourth-order valence-electron chi connectivity index (χ4n) is 2.43. The van der Waals surface area contributed by atoms with E-state index < -0.39 is 0 Å². The molecule has 2 N–H and O–H groups in total. The summed E-state index contributed by atoms with van der Waals surface area (Å²) in [6.07, 6.45) is 0.738. The molecule has 1 aliphatic rings. The van der Waals surface area contributed by atoms with Crippen LogP contribution in [-0.4, -0.2) is 24.1 Å². The lowest BCUT2D eigenvalue weighted by atomic mass is 10.1. The maximum Gasteiger partial charge on any atom is 0.251 e. The zero-order valence-electron chi connectivity index (χ0n) is 12.1. The maximum atomic E-state index is 12.4. The van der Waals surface area contributed by atoms with Crippen molar-refractivity contribution < 1.29 is 9.59 Å². The molecule has 0 bridgehead atoms. The first-order valence-corrected chi connectivity index (χ1v) is 7.93. The number of carbonyl (C=O) groups is 2. The number of amides is 2. The third-order valence-corrected chi connectivity index (χ3v) is 4.88. The van der Waals surface area contributed by atoms with Gasteiger partial charge in [-0.25, -0.2) is 0 Å². The molecule has 5 heteroatoms. The Bertz CT molecular complexity index is 705. The van der Waals surface area contributed by atoms with Gasteiger partial charge in [-0.05, 0) is 36.2 Å². The van der Waals surface area contributed by atoms with E-state index in [0.717, 1.165) is 6.42 Å². The molecule has 2 aromatic carbocycles. The Morgan fingerprint density at radius 1 is 1.14 bits per heavy atom. The highest BCUT2D eigenvalue weighted by atomic mass is 32.2. The molecule has 0 fully saturated rings. The van der Waals surface area contributed by atoms with Crippen LogP contribution in [0.4, 0.5) is 5.69 Å². The molecule has 0 spiro atoms. The molecule has 112 valence electrons. The molecule has 1 aliphatic heterocycles. The zero-order valence-corrected chi connectivity index (χ0v) is 12.9. The second kappa shape index (κ2) is 6.23. The van der Waals surface area contributed by atoms with Gasteiger partial charge in [0.05, 0.1) is 5.25 Å². The van der Waals surface area contributed by atoms with E-state index in [-0.39, 0.29) is 17.1 Å². The minimum atomic E-state index is -0.168. The van der Waals surface area contributed by atoms with Crippen LogP contribution in [0.5, 0.6) is 0 Å². The summed E-state index contributed by atoms with van der Waals surface area (Å²) in [5.74, 6) is -0.200. The van der Waals surface area contributed by atoms with E-state index in [9.17, 15) is 9.59 Å². The number of thioether (sulfide) groups is 1. The SMILES string of the molecule is CNC(=O)c1cccc(NC(=O)[C@@H]2Cc3ccccc3S2)c1. The molecule has 0 aromatic heterocycles. The van der Waals surface area contributed by atoms with Crippen LogP contribution >= 0.6 is 11.8 Å². The minimum Gasteiger partial charge on any atom is -0.355 e. The fraction of sp³-hybridized carbons (Fsp3) is 0.176. The van der Waals surface area contributed by atoms with Crippen LogP contribution in [0, 0.1) is 0 Å². The number of rotatable bonds is 3. The van der Waals surface area contributed by atoms with Crippen LogP contribution in [-0.2, 0) is 11.2 Å². The molecule has 22 heavy (non-hydrogen) atoms.